The van der Waals surface area contributed by atoms with Crippen molar-refractivity contribution in [1.29, 1.82) is 0 Å². The molecule has 0 spiro atoms. The molecule has 1 aliphatic heterocycles. The van der Waals surface area contributed by atoms with Crippen molar-refractivity contribution >= 4 is 5.91 Å². The fraction of sp³-hybridized carbons (Fsp3) is 0.188. The van der Waals surface area contributed by atoms with E-state index in [1.807, 2.05) is 12.1 Å². The third-order valence-electron chi connectivity index (χ3n) is 3.31. The summed E-state index contributed by atoms with van der Waals surface area (Å²) in [5, 5.41) is 12.5. The second kappa shape index (κ2) is 5.75. The van der Waals surface area contributed by atoms with Crippen LogP contribution in [0.3, 0.4) is 0 Å². The molecule has 0 saturated heterocycles. The van der Waals surface area contributed by atoms with E-state index in [-0.39, 0.29) is 18.4 Å². The lowest BCUT2D eigenvalue weighted by molar-refractivity contribution is 0.0953. The number of hydrogen-bond donors (Lipinski definition) is 2. The van der Waals surface area contributed by atoms with E-state index in [1.54, 1.807) is 30.3 Å². The molecular formula is C16H15NO4. The number of nitrogens with one attached hydrogen (secondary N) is 1. The highest BCUT2D eigenvalue weighted by Crippen LogP contribution is 2.32. The van der Waals surface area contributed by atoms with Crippen LogP contribution in [-0.4, -0.2) is 24.4 Å². The number of rotatable bonds is 4. The van der Waals surface area contributed by atoms with Crippen molar-refractivity contribution in [1.82, 2.24) is 5.32 Å². The van der Waals surface area contributed by atoms with Crippen LogP contribution in [0.15, 0.2) is 42.5 Å². The summed E-state index contributed by atoms with van der Waals surface area (Å²) >= 11 is 0. The van der Waals surface area contributed by atoms with Crippen LogP contribution in [0.5, 0.6) is 17.2 Å². The molecule has 1 aliphatic rings. The second-order valence-electron chi connectivity index (χ2n) is 4.70. The third kappa shape index (κ3) is 2.91. The highest BCUT2D eigenvalue weighted by atomic mass is 16.7. The number of aromatic hydroxyl groups is 1. The van der Waals surface area contributed by atoms with Crippen molar-refractivity contribution in [2.45, 2.75) is 6.42 Å². The zero-order chi connectivity index (χ0) is 14.7. The zero-order valence-electron chi connectivity index (χ0n) is 11.3. The summed E-state index contributed by atoms with van der Waals surface area (Å²) in [4.78, 5) is 12.0. The molecule has 0 saturated carbocycles. The average Bonchev–Trinajstić information content (AvgIpc) is 2.96. The number of ether oxygens (including phenoxy) is 2. The molecule has 21 heavy (non-hydrogen) atoms. The van der Waals surface area contributed by atoms with Gasteiger partial charge >= 0.3 is 0 Å². The summed E-state index contributed by atoms with van der Waals surface area (Å²) in [7, 11) is 0. The Hall–Kier alpha value is -2.69. The van der Waals surface area contributed by atoms with Crippen LogP contribution in [0, 0.1) is 0 Å². The molecular weight excluding hydrogens is 270 g/mol. The van der Waals surface area contributed by atoms with E-state index in [4.69, 9.17) is 9.47 Å². The Bertz CT molecular complexity index is 669. The summed E-state index contributed by atoms with van der Waals surface area (Å²) in [6.07, 6.45) is 0.572. The van der Waals surface area contributed by atoms with Crippen LogP contribution in [-0.2, 0) is 6.42 Å². The van der Waals surface area contributed by atoms with Crippen molar-refractivity contribution in [3.63, 3.8) is 0 Å². The predicted molar refractivity (Wildman–Crippen MR) is 76.7 cm³/mol. The Balaban J connectivity index is 1.58. The van der Waals surface area contributed by atoms with E-state index in [0.717, 1.165) is 5.56 Å². The van der Waals surface area contributed by atoms with Gasteiger partial charge in [-0.3, -0.25) is 4.79 Å². The van der Waals surface area contributed by atoms with Gasteiger partial charge in [0.1, 0.15) is 5.75 Å². The first-order valence-corrected chi connectivity index (χ1v) is 6.69. The van der Waals surface area contributed by atoms with Gasteiger partial charge in [-0.25, -0.2) is 0 Å². The molecule has 2 aromatic carbocycles. The highest BCUT2D eigenvalue weighted by molar-refractivity contribution is 5.94. The predicted octanol–water partition coefficient (Wildman–Crippen LogP) is 2.09. The maximum absolute atomic E-state index is 12.0. The Morgan fingerprint density at radius 3 is 2.81 bits per heavy atom. The molecule has 3 rings (SSSR count). The number of amides is 1. The monoisotopic (exact) mass is 285 g/mol. The van der Waals surface area contributed by atoms with Crippen LogP contribution in [0.4, 0.5) is 0 Å². The van der Waals surface area contributed by atoms with Gasteiger partial charge in [0.15, 0.2) is 11.5 Å². The maximum atomic E-state index is 12.0. The summed E-state index contributed by atoms with van der Waals surface area (Å²) in [5.41, 5.74) is 1.33. The molecule has 1 amide bonds. The molecule has 2 N–H and O–H groups in total. The van der Waals surface area contributed by atoms with Gasteiger partial charge in [-0.2, -0.15) is 0 Å². The number of benzene rings is 2. The van der Waals surface area contributed by atoms with Gasteiger partial charge in [0, 0.05) is 12.1 Å². The fourth-order valence-corrected chi connectivity index (χ4v) is 2.17. The Morgan fingerprint density at radius 2 is 1.95 bits per heavy atom. The lowest BCUT2D eigenvalue weighted by atomic mass is 10.1. The number of carbonyl (C=O) groups is 1. The Labute approximate surface area is 122 Å². The molecule has 0 aromatic heterocycles. The van der Waals surface area contributed by atoms with E-state index in [9.17, 15) is 9.90 Å². The van der Waals surface area contributed by atoms with Crippen molar-refractivity contribution < 1.29 is 19.4 Å². The van der Waals surface area contributed by atoms with Crippen LogP contribution in [0.2, 0.25) is 0 Å². The third-order valence-corrected chi connectivity index (χ3v) is 3.31. The fourth-order valence-electron chi connectivity index (χ4n) is 2.17. The minimum absolute atomic E-state index is 0.177. The van der Waals surface area contributed by atoms with Gasteiger partial charge in [0.25, 0.3) is 5.91 Å². The highest BCUT2D eigenvalue weighted by Gasteiger charge is 2.15. The first-order valence-electron chi connectivity index (χ1n) is 6.69. The van der Waals surface area contributed by atoms with Crippen molar-refractivity contribution in [3.8, 4) is 17.2 Å². The van der Waals surface area contributed by atoms with Crippen LogP contribution in [0.1, 0.15) is 15.9 Å². The molecule has 2 aromatic rings. The molecule has 108 valence electrons. The van der Waals surface area contributed by atoms with Gasteiger partial charge < -0.3 is 19.9 Å². The molecule has 0 atom stereocenters. The molecule has 0 radical (unpaired) electrons. The van der Waals surface area contributed by atoms with Crippen molar-refractivity contribution in [2.24, 2.45) is 0 Å². The summed E-state index contributed by atoms with van der Waals surface area (Å²) in [6, 6.07) is 12.2. The average molecular weight is 285 g/mol. The number of hydrogen-bond acceptors (Lipinski definition) is 4. The maximum Gasteiger partial charge on any atom is 0.251 e. The van der Waals surface area contributed by atoms with Crippen LogP contribution in [0.25, 0.3) is 0 Å². The standard InChI is InChI=1S/C16H15NO4/c18-13-4-2-1-3-11(13)7-8-17-16(19)12-5-6-14-15(9-12)21-10-20-14/h1-6,9,18H,7-8,10H2,(H,17,19). The number of fused-ring (bicyclic) bond motifs is 1. The molecule has 0 fully saturated rings. The second-order valence-corrected chi connectivity index (χ2v) is 4.70. The van der Waals surface area contributed by atoms with Gasteiger partial charge in [0.05, 0.1) is 0 Å². The molecule has 5 heteroatoms. The normalized spacial score (nSPS) is 12.2. The van der Waals surface area contributed by atoms with Gasteiger partial charge in [-0.1, -0.05) is 18.2 Å². The SMILES string of the molecule is O=C(NCCc1ccccc1O)c1ccc2c(c1)OCO2. The van der Waals surface area contributed by atoms with Gasteiger partial charge in [-0.15, -0.1) is 0 Å². The van der Waals surface area contributed by atoms with E-state index < -0.39 is 0 Å². The minimum atomic E-state index is -0.177. The summed E-state index contributed by atoms with van der Waals surface area (Å²) < 4.78 is 10.4. The number of carbonyl (C=O) groups excluding carboxylic acids is 1. The number of phenols is 1. The molecule has 5 nitrogen and oxygen atoms in total. The topological polar surface area (TPSA) is 67.8 Å². The first-order chi connectivity index (χ1) is 10.2. The van der Waals surface area contributed by atoms with E-state index in [1.165, 1.54) is 0 Å². The van der Waals surface area contributed by atoms with Crippen molar-refractivity contribution in [3.05, 3.63) is 53.6 Å². The first kappa shape index (κ1) is 13.3. The zero-order valence-corrected chi connectivity index (χ0v) is 11.3. The largest absolute Gasteiger partial charge is 0.508 e. The van der Waals surface area contributed by atoms with Gasteiger partial charge in [0.2, 0.25) is 6.79 Å². The molecule has 0 unspecified atom stereocenters. The minimum Gasteiger partial charge on any atom is -0.508 e. The lowest BCUT2D eigenvalue weighted by Gasteiger charge is -2.07. The van der Waals surface area contributed by atoms with Crippen LogP contribution < -0.4 is 14.8 Å². The van der Waals surface area contributed by atoms with E-state index >= 15 is 0 Å². The molecule has 1 heterocycles. The smallest absolute Gasteiger partial charge is 0.251 e. The van der Waals surface area contributed by atoms with E-state index in [0.29, 0.717) is 30.0 Å². The van der Waals surface area contributed by atoms with E-state index in [2.05, 4.69) is 5.32 Å². The summed E-state index contributed by atoms with van der Waals surface area (Å²) in [5.74, 6) is 1.31. The number of para-hydroxylation sites is 1. The Morgan fingerprint density at radius 1 is 1.14 bits per heavy atom. The lowest BCUT2D eigenvalue weighted by Crippen LogP contribution is -2.25. The summed E-state index contributed by atoms with van der Waals surface area (Å²) in [6.45, 7) is 0.637. The van der Waals surface area contributed by atoms with Gasteiger partial charge in [-0.05, 0) is 36.2 Å². The Kier molecular flexibility index (Phi) is 3.64. The van der Waals surface area contributed by atoms with Crippen LogP contribution >= 0.6 is 0 Å². The molecule has 0 aliphatic carbocycles. The number of phenolic OH excluding ortho intramolecular Hbond substituents is 1. The molecule has 0 bridgehead atoms. The van der Waals surface area contributed by atoms with Crippen molar-refractivity contribution in [2.75, 3.05) is 13.3 Å². The quantitative estimate of drug-likeness (QED) is 0.902.